The second kappa shape index (κ2) is 13.3. The van der Waals surface area contributed by atoms with E-state index in [9.17, 15) is 18.0 Å². The van der Waals surface area contributed by atoms with Crippen molar-refractivity contribution in [1.29, 1.82) is 5.41 Å². The molecule has 4 rings (SSSR count). The molecule has 3 aromatic rings. The van der Waals surface area contributed by atoms with Gasteiger partial charge in [-0.3, -0.25) is 19.7 Å². The first-order valence-corrected chi connectivity index (χ1v) is 14.8. The molecule has 0 aromatic heterocycles. The van der Waals surface area contributed by atoms with Crippen LogP contribution >= 0.6 is 0 Å². The lowest BCUT2D eigenvalue weighted by Gasteiger charge is -2.25. The number of likely N-dealkylation sites (tertiary alicyclic amines) is 1. The summed E-state index contributed by atoms with van der Waals surface area (Å²) in [5.41, 5.74) is 7.47. The van der Waals surface area contributed by atoms with Gasteiger partial charge in [-0.1, -0.05) is 30.3 Å². The molecule has 4 N–H and O–H groups in total. The molecule has 0 unspecified atom stereocenters. The SMILES string of the molecule is COC(=O)C[C@@H]1C[C@@H](COc2ccc(S(=O)(=O)Nc3ccc(C(=N)N)cc3)cc2)N(CCCc2ccccc2)C1=O. The van der Waals surface area contributed by atoms with Gasteiger partial charge in [-0.25, -0.2) is 8.42 Å². The molecule has 41 heavy (non-hydrogen) atoms. The Morgan fingerprint density at radius 3 is 2.37 bits per heavy atom. The van der Waals surface area contributed by atoms with Gasteiger partial charge in [0.25, 0.3) is 10.0 Å². The summed E-state index contributed by atoms with van der Waals surface area (Å²) in [5, 5.41) is 7.45. The number of benzene rings is 3. The average molecular weight is 579 g/mol. The lowest BCUT2D eigenvalue weighted by molar-refractivity contribution is -0.144. The molecule has 1 heterocycles. The van der Waals surface area contributed by atoms with E-state index in [1.54, 1.807) is 29.2 Å². The minimum absolute atomic E-state index is 0.0258. The maximum atomic E-state index is 13.2. The number of rotatable bonds is 13. The summed E-state index contributed by atoms with van der Waals surface area (Å²) in [5.74, 6) is -0.611. The summed E-state index contributed by atoms with van der Waals surface area (Å²) in [7, 11) is -2.54. The number of esters is 1. The van der Waals surface area contributed by atoms with Crippen LogP contribution in [0, 0.1) is 11.3 Å². The molecule has 1 aliphatic rings. The fourth-order valence-electron chi connectivity index (χ4n) is 4.81. The molecule has 1 aliphatic heterocycles. The molecule has 216 valence electrons. The second-order valence-corrected chi connectivity index (χ2v) is 11.5. The quantitative estimate of drug-likeness (QED) is 0.159. The Morgan fingerprint density at radius 1 is 1.05 bits per heavy atom. The van der Waals surface area contributed by atoms with E-state index in [1.165, 1.54) is 36.9 Å². The van der Waals surface area contributed by atoms with Crippen molar-refractivity contribution in [3.05, 3.63) is 90.0 Å². The molecule has 0 saturated carbocycles. The molecular weight excluding hydrogens is 544 g/mol. The highest BCUT2D eigenvalue weighted by molar-refractivity contribution is 7.92. The van der Waals surface area contributed by atoms with Gasteiger partial charge >= 0.3 is 5.97 Å². The molecule has 0 radical (unpaired) electrons. The fourth-order valence-corrected chi connectivity index (χ4v) is 5.87. The number of nitrogen functional groups attached to an aromatic ring is 1. The average Bonchev–Trinajstić information content (AvgIpc) is 3.26. The number of carbonyl (C=O) groups excluding carboxylic acids is 2. The topological polar surface area (TPSA) is 152 Å². The van der Waals surface area contributed by atoms with Gasteiger partial charge in [0.15, 0.2) is 0 Å². The molecule has 11 heteroatoms. The van der Waals surface area contributed by atoms with E-state index < -0.39 is 21.9 Å². The molecule has 0 aliphatic carbocycles. The zero-order valence-electron chi connectivity index (χ0n) is 22.8. The van der Waals surface area contributed by atoms with Crippen molar-refractivity contribution >= 4 is 33.4 Å². The van der Waals surface area contributed by atoms with Crippen LogP contribution in [0.25, 0.3) is 0 Å². The van der Waals surface area contributed by atoms with Crippen LogP contribution in [-0.2, 0) is 30.8 Å². The number of ether oxygens (including phenoxy) is 2. The summed E-state index contributed by atoms with van der Waals surface area (Å²) < 4.78 is 38.9. The molecule has 1 amide bonds. The monoisotopic (exact) mass is 578 g/mol. The minimum Gasteiger partial charge on any atom is -0.491 e. The number of carbonyl (C=O) groups is 2. The number of hydrogen-bond donors (Lipinski definition) is 3. The van der Waals surface area contributed by atoms with Crippen molar-refractivity contribution in [3.63, 3.8) is 0 Å². The van der Waals surface area contributed by atoms with Crippen LogP contribution in [0.5, 0.6) is 5.75 Å². The third kappa shape index (κ3) is 7.85. The molecule has 0 bridgehead atoms. The van der Waals surface area contributed by atoms with E-state index in [0.29, 0.717) is 30.0 Å². The van der Waals surface area contributed by atoms with Gasteiger partial charge in [0, 0.05) is 17.8 Å². The summed E-state index contributed by atoms with van der Waals surface area (Å²) in [4.78, 5) is 26.9. The Balaban J connectivity index is 1.37. The third-order valence-corrected chi connectivity index (χ3v) is 8.40. The summed E-state index contributed by atoms with van der Waals surface area (Å²) in [6, 6.07) is 22.0. The van der Waals surface area contributed by atoms with Gasteiger partial charge in [0.2, 0.25) is 5.91 Å². The number of methoxy groups -OCH3 is 1. The normalized spacial score (nSPS) is 16.8. The number of aryl methyl sites for hydroxylation is 1. The van der Waals surface area contributed by atoms with Crippen LogP contribution in [0.4, 0.5) is 5.69 Å². The van der Waals surface area contributed by atoms with Crippen LogP contribution in [0.2, 0.25) is 0 Å². The van der Waals surface area contributed by atoms with Gasteiger partial charge < -0.3 is 20.1 Å². The summed E-state index contributed by atoms with van der Waals surface area (Å²) >= 11 is 0. The fraction of sp³-hybridized carbons (Fsp3) is 0.300. The Morgan fingerprint density at radius 2 is 1.73 bits per heavy atom. The minimum atomic E-state index is -3.85. The van der Waals surface area contributed by atoms with Crippen molar-refractivity contribution < 1.29 is 27.5 Å². The van der Waals surface area contributed by atoms with Crippen LogP contribution < -0.4 is 15.2 Å². The van der Waals surface area contributed by atoms with Crippen molar-refractivity contribution in [2.75, 3.05) is 25.0 Å². The summed E-state index contributed by atoms with van der Waals surface area (Å²) in [6.45, 7) is 0.747. The molecule has 0 spiro atoms. The first kappa shape index (κ1) is 29.6. The zero-order valence-corrected chi connectivity index (χ0v) is 23.6. The lowest BCUT2D eigenvalue weighted by Crippen LogP contribution is -2.38. The highest BCUT2D eigenvalue weighted by Crippen LogP contribution is 2.29. The predicted molar refractivity (Wildman–Crippen MR) is 155 cm³/mol. The van der Waals surface area contributed by atoms with E-state index in [2.05, 4.69) is 16.9 Å². The van der Waals surface area contributed by atoms with Gasteiger partial charge in [0.1, 0.15) is 18.2 Å². The van der Waals surface area contributed by atoms with Gasteiger partial charge in [-0.2, -0.15) is 0 Å². The number of nitrogens with two attached hydrogens (primary N) is 1. The van der Waals surface area contributed by atoms with Gasteiger partial charge in [0.05, 0.1) is 30.4 Å². The summed E-state index contributed by atoms with van der Waals surface area (Å²) in [6.07, 6.45) is 2.09. The molecule has 2 atom stereocenters. The first-order chi connectivity index (χ1) is 19.7. The number of amides is 1. The largest absolute Gasteiger partial charge is 0.491 e. The molecule has 3 aromatic carbocycles. The third-order valence-electron chi connectivity index (χ3n) is 7.00. The predicted octanol–water partition coefficient (Wildman–Crippen LogP) is 3.56. The van der Waals surface area contributed by atoms with Crippen LogP contribution in [0.15, 0.2) is 83.8 Å². The van der Waals surface area contributed by atoms with E-state index in [4.69, 9.17) is 20.6 Å². The molecule has 10 nitrogen and oxygen atoms in total. The van der Waals surface area contributed by atoms with E-state index >= 15 is 0 Å². The van der Waals surface area contributed by atoms with Gasteiger partial charge in [-0.05, 0) is 73.4 Å². The smallest absolute Gasteiger partial charge is 0.306 e. The maximum absolute atomic E-state index is 13.2. The van der Waals surface area contributed by atoms with Crippen LogP contribution in [0.3, 0.4) is 0 Å². The van der Waals surface area contributed by atoms with Crippen molar-refractivity contribution in [1.82, 2.24) is 4.90 Å². The van der Waals surface area contributed by atoms with Crippen molar-refractivity contribution in [2.24, 2.45) is 11.7 Å². The molecule has 1 fully saturated rings. The van der Waals surface area contributed by atoms with Crippen molar-refractivity contribution in [2.45, 2.75) is 36.6 Å². The Labute approximate surface area is 240 Å². The Hall–Kier alpha value is -4.38. The van der Waals surface area contributed by atoms with E-state index in [0.717, 1.165) is 12.8 Å². The first-order valence-electron chi connectivity index (χ1n) is 13.3. The van der Waals surface area contributed by atoms with E-state index in [1.807, 2.05) is 18.2 Å². The Bertz CT molecular complexity index is 1460. The highest BCUT2D eigenvalue weighted by Gasteiger charge is 2.40. The van der Waals surface area contributed by atoms with Crippen LogP contribution in [0.1, 0.15) is 30.4 Å². The number of hydrogen-bond acceptors (Lipinski definition) is 7. The van der Waals surface area contributed by atoms with E-state index in [-0.39, 0.29) is 35.7 Å². The number of sulfonamides is 1. The standard InChI is InChI=1S/C30H34N4O6S/c1-39-28(35)19-23-18-25(34(30(23)36)17-5-8-21-6-3-2-4-7-21)20-40-26-13-15-27(16-14-26)41(37,38)33-24-11-9-22(10-12-24)29(31)32/h2-4,6-7,9-16,23,25,33H,5,8,17-20H2,1H3,(H3,31,32)/t23-,25-/m0/s1. The number of amidine groups is 1. The second-order valence-electron chi connectivity index (χ2n) is 9.87. The lowest BCUT2D eigenvalue weighted by atomic mass is 10.0. The Kier molecular flexibility index (Phi) is 9.61. The molecule has 1 saturated heterocycles. The van der Waals surface area contributed by atoms with Gasteiger partial charge in [-0.15, -0.1) is 0 Å². The number of nitrogens with zero attached hydrogens (tertiary/aromatic N) is 1. The zero-order chi connectivity index (χ0) is 29.4. The maximum Gasteiger partial charge on any atom is 0.306 e. The van der Waals surface area contributed by atoms with Crippen LogP contribution in [-0.4, -0.2) is 57.3 Å². The van der Waals surface area contributed by atoms with Crippen molar-refractivity contribution in [3.8, 4) is 5.75 Å². The highest BCUT2D eigenvalue weighted by atomic mass is 32.2. The molecular formula is C30H34N4O6S. The number of nitrogens with one attached hydrogen (secondary N) is 2. The number of anilines is 1.